The molecule has 1 amide bonds. The Morgan fingerprint density at radius 3 is 2.43 bits per heavy atom. The van der Waals surface area contributed by atoms with Crippen molar-refractivity contribution in [2.45, 2.75) is 18.7 Å². The Kier molecular flexibility index (Phi) is 6.97. The molecular formula is C22H23ClN2O4S. The summed E-state index contributed by atoms with van der Waals surface area (Å²) in [5, 5.41) is 4.90. The molecule has 0 fully saturated rings. The number of hydrogen-bond acceptors (Lipinski definition) is 4. The summed E-state index contributed by atoms with van der Waals surface area (Å²) in [6.45, 7) is 4.01. The smallest absolute Gasteiger partial charge is 0.262 e. The third-order valence-corrected chi connectivity index (χ3v) is 7.01. The van der Waals surface area contributed by atoms with E-state index in [1.807, 2.05) is 42.5 Å². The minimum Gasteiger partial charge on any atom is -0.482 e. The fourth-order valence-corrected chi connectivity index (χ4v) is 4.92. The highest BCUT2D eigenvalue weighted by molar-refractivity contribution is 7.89. The SMILES string of the molecule is CCN(CC)S(=O)(=O)c1ccc(OCC(=O)Nc2cccc3ccccc23)c(Cl)c1. The first-order chi connectivity index (χ1) is 14.4. The molecule has 30 heavy (non-hydrogen) atoms. The van der Waals surface area contributed by atoms with Crippen LogP contribution in [0.5, 0.6) is 5.75 Å². The molecule has 0 atom stereocenters. The molecule has 0 aliphatic rings. The minimum absolute atomic E-state index is 0.0868. The monoisotopic (exact) mass is 446 g/mol. The summed E-state index contributed by atoms with van der Waals surface area (Å²) in [6.07, 6.45) is 0. The van der Waals surface area contributed by atoms with E-state index in [2.05, 4.69) is 5.32 Å². The van der Waals surface area contributed by atoms with E-state index in [9.17, 15) is 13.2 Å². The van der Waals surface area contributed by atoms with Gasteiger partial charge >= 0.3 is 0 Å². The molecule has 0 aromatic heterocycles. The summed E-state index contributed by atoms with van der Waals surface area (Å²) in [6, 6.07) is 17.6. The van der Waals surface area contributed by atoms with E-state index in [1.54, 1.807) is 13.8 Å². The summed E-state index contributed by atoms with van der Waals surface area (Å²) in [5.74, 6) is -0.106. The van der Waals surface area contributed by atoms with Crippen molar-refractivity contribution in [2.24, 2.45) is 0 Å². The van der Waals surface area contributed by atoms with Gasteiger partial charge in [0.05, 0.1) is 9.92 Å². The van der Waals surface area contributed by atoms with Gasteiger partial charge in [0.15, 0.2) is 6.61 Å². The van der Waals surface area contributed by atoms with Gasteiger partial charge in [-0.05, 0) is 29.7 Å². The fraction of sp³-hybridized carbons (Fsp3) is 0.227. The zero-order valence-corrected chi connectivity index (χ0v) is 18.3. The molecule has 8 heteroatoms. The number of nitrogens with zero attached hydrogens (tertiary/aromatic N) is 1. The van der Waals surface area contributed by atoms with Crippen LogP contribution >= 0.6 is 11.6 Å². The van der Waals surface area contributed by atoms with Crippen molar-refractivity contribution in [3.8, 4) is 5.75 Å². The average Bonchev–Trinajstić information content (AvgIpc) is 2.73. The third-order valence-electron chi connectivity index (χ3n) is 4.67. The summed E-state index contributed by atoms with van der Waals surface area (Å²) >= 11 is 6.21. The van der Waals surface area contributed by atoms with Crippen molar-refractivity contribution in [2.75, 3.05) is 25.0 Å². The molecule has 0 aliphatic carbocycles. The molecule has 0 aliphatic heterocycles. The average molecular weight is 447 g/mol. The normalized spacial score (nSPS) is 11.6. The number of rotatable bonds is 8. The number of halogens is 1. The number of hydrogen-bond donors (Lipinski definition) is 1. The topological polar surface area (TPSA) is 75.7 Å². The first kappa shape index (κ1) is 22.1. The lowest BCUT2D eigenvalue weighted by atomic mass is 10.1. The van der Waals surface area contributed by atoms with Gasteiger partial charge in [-0.15, -0.1) is 0 Å². The largest absolute Gasteiger partial charge is 0.482 e. The van der Waals surface area contributed by atoms with Crippen molar-refractivity contribution >= 4 is 44.0 Å². The maximum absolute atomic E-state index is 12.6. The van der Waals surface area contributed by atoms with Gasteiger partial charge in [-0.1, -0.05) is 61.8 Å². The van der Waals surface area contributed by atoms with Crippen molar-refractivity contribution in [1.82, 2.24) is 4.31 Å². The van der Waals surface area contributed by atoms with Crippen LogP contribution < -0.4 is 10.1 Å². The molecule has 3 aromatic carbocycles. The predicted octanol–water partition coefficient (Wildman–Crippen LogP) is 4.54. The van der Waals surface area contributed by atoms with Crippen LogP contribution in [0.3, 0.4) is 0 Å². The Morgan fingerprint density at radius 1 is 1.03 bits per heavy atom. The molecule has 0 radical (unpaired) electrons. The highest BCUT2D eigenvalue weighted by Gasteiger charge is 2.22. The lowest BCUT2D eigenvalue weighted by molar-refractivity contribution is -0.118. The van der Waals surface area contributed by atoms with Gasteiger partial charge in [0.1, 0.15) is 5.75 Å². The highest BCUT2D eigenvalue weighted by atomic mass is 35.5. The fourth-order valence-electron chi connectivity index (χ4n) is 3.14. The standard InChI is InChI=1S/C22H23ClN2O4S/c1-3-25(4-2)30(27,28)17-12-13-21(19(23)14-17)29-15-22(26)24-20-11-7-9-16-8-5-6-10-18(16)20/h5-14H,3-4,15H2,1-2H3,(H,24,26). The van der Waals surface area contributed by atoms with Gasteiger partial charge in [-0.25, -0.2) is 8.42 Å². The van der Waals surface area contributed by atoms with Crippen LogP contribution in [-0.4, -0.2) is 38.3 Å². The molecule has 3 aromatic rings. The van der Waals surface area contributed by atoms with Gasteiger partial charge in [-0.3, -0.25) is 4.79 Å². The van der Waals surface area contributed by atoms with E-state index in [1.165, 1.54) is 22.5 Å². The van der Waals surface area contributed by atoms with E-state index >= 15 is 0 Å². The summed E-state index contributed by atoms with van der Waals surface area (Å²) in [7, 11) is -3.62. The van der Waals surface area contributed by atoms with Gasteiger partial charge in [0.25, 0.3) is 5.91 Å². The van der Waals surface area contributed by atoms with E-state index in [0.29, 0.717) is 18.8 Å². The molecule has 0 unspecified atom stereocenters. The first-order valence-corrected chi connectivity index (χ1v) is 11.4. The summed E-state index contributed by atoms with van der Waals surface area (Å²) < 4.78 is 32.0. The van der Waals surface area contributed by atoms with Crippen LogP contribution in [0.2, 0.25) is 5.02 Å². The number of nitrogens with one attached hydrogen (secondary N) is 1. The second-order valence-corrected chi connectivity index (χ2v) is 8.89. The Labute approximate surface area is 181 Å². The third kappa shape index (κ3) is 4.75. The number of amides is 1. The second-order valence-electron chi connectivity index (χ2n) is 6.55. The Morgan fingerprint density at radius 2 is 1.73 bits per heavy atom. The van der Waals surface area contributed by atoms with Gasteiger partial charge in [-0.2, -0.15) is 4.31 Å². The van der Waals surface area contributed by atoms with Crippen molar-refractivity contribution in [3.05, 3.63) is 65.7 Å². The molecule has 0 heterocycles. The Hall–Kier alpha value is -2.61. The number of fused-ring (bicyclic) bond motifs is 1. The highest BCUT2D eigenvalue weighted by Crippen LogP contribution is 2.29. The van der Waals surface area contributed by atoms with Crippen LogP contribution in [-0.2, 0) is 14.8 Å². The molecule has 158 valence electrons. The van der Waals surface area contributed by atoms with Crippen LogP contribution in [0.15, 0.2) is 65.6 Å². The molecule has 1 N–H and O–H groups in total. The molecule has 0 spiro atoms. The zero-order valence-electron chi connectivity index (χ0n) is 16.8. The number of ether oxygens (including phenoxy) is 1. The van der Waals surface area contributed by atoms with Crippen molar-refractivity contribution in [1.29, 1.82) is 0 Å². The molecular weight excluding hydrogens is 424 g/mol. The Bertz CT molecular complexity index is 1160. The van der Waals surface area contributed by atoms with E-state index in [0.717, 1.165) is 10.8 Å². The van der Waals surface area contributed by atoms with Crippen LogP contribution in [0, 0.1) is 0 Å². The first-order valence-electron chi connectivity index (χ1n) is 9.57. The number of carbonyl (C=O) groups excluding carboxylic acids is 1. The molecule has 0 bridgehead atoms. The molecule has 0 saturated heterocycles. The number of sulfonamides is 1. The van der Waals surface area contributed by atoms with E-state index in [-0.39, 0.29) is 28.2 Å². The van der Waals surface area contributed by atoms with E-state index in [4.69, 9.17) is 16.3 Å². The zero-order chi connectivity index (χ0) is 21.7. The maximum Gasteiger partial charge on any atom is 0.262 e. The van der Waals surface area contributed by atoms with Gasteiger partial charge in [0.2, 0.25) is 10.0 Å². The molecule has 0 saturated carbocycles. The van der Waals surface area contributed by atoms with Crippen LogP contribution in [0.1, 0.15) is 13.8 Å². The quantitative estimate of drug-likeness (QED) is 0.551. The van der Waals surface area contributed by atoms with Crippen molar-refractivity contribution in [3.63, 3.8) is 0 Å². The van der Waals surface area contributed by atoms with Gasteiger partial charge < -0.3 is 10.1 Å². The lowest BCUT2D eigenvalue weighted by Crippen LogP contribution is -2.30. The molecule has 6 nitrogen and oxygen atoms in total. The van der Waals surface area contributed by atoms with Gasteiger partial charge in [0, 0.05) is 24.2 Å². The number of carbonyl (C=O) groups is 1. The van der Waals surface area contributed by atoms with E-state index < -0.39 is 10.0 Å². The Balaban J connectivity index is 1.69. The minimum atomic E-state index is -3.62. The predicted molar refractivity (Wildman–Crippen MR) is 120 cm³/mol. The summed E-state index contributed by atoms with van der Waals surface area (Å²) in [5.41, 5.74) is 0.688. The molecule has 3 rings (SSSR count). The van der Waals surface area contributed by atoms with Crippen LogP contribution in [0.4, 0.5) is 5.69 Å². The number of anilines is 1. The number of benzene rings is 3. The summed E-state index contributed by atoms with van der Waals surface area (Å²) in [4.78, 5) is 12.4. The maximum atomic E-state index is 12.6. The van der Waals surface area contributed by atoms with Crippen LogP contribution in [0.25, 0.3) is 10.8 Å². The lowest BCUT2D eigenvalue weighted by Gasteiger charge is -2.19. The van der Waals surface area contributed by atoms with Crippen molar-refractivity contribution < 1.29 is 17.9 Å². The second kappa shape index (κ2) is 9.47.